The number of hydrogen-bond donors (Lipinski definition) is 1. The first kappa shape index (κ1) is 20.6. The summed E-state index contributed by atoms with van der Waals surface area (Å²) in [5, 5.41) is 2.87. The first-order chi connectivity index (χ1) is 15.6. The van der Waals surface area contributed by atoms with Gasteiger partial charge in [0.15, 0.2) is 0 Å². The molecule has 1 atom stereocenters. The molecule has 166 valence electrons. The van der Waals surface area contributed by atoms with Crippen molar-refractivity contribution in [2.75, 3.05) is 50.0 Å². The van der Waals surface area contributed by atoms with Crippen LogP contribution in [0.5, 0.6) is 0 Å². The molecule has 9 heteroatoms. The Balaban J connectivity index is 1.51. The molecule has 4 bridgehead atoms. The van der Waals surface area contributed by atoms with Crippen LogP contribution in [0.25, 0.3) is 0 Å². The summed E-state index contributed by atoms with van der Waals surface area (Å²) >= 11 is 0. The first-order valence-electron chi connectivity index (χ1n) is 11.1. The lowest BCUT2D eigenvalue weighted by Crippen LogP contribution is -2.49. The number of aromatic nitrogens is 2. The fraction of sp³-hybridized carbons (Fsp3) is 0.435. The average Bonchev–Trinajstić information content (AvgIpc) is 3.12. The third-order valence-corrected chi connectivity index (χ3v) is 6.30. The molecule has 0 radical (unpaired) electrons. The van der Waals surface area contributed by atoms with Crippen molar-refractivity contribution in [2.45, 2.75) is 25.3 Å². The summed E-state index contributed by atoms with van der Waals surface area (Å²) in [6, 6.07) is 8.02. The van der Waals surface area contributed by atoms with Gasteiger partial charge in [-0.15, -0.1) is 0 Å². The van der Waals surface area contributed by atoms with Gasteiger partial charge in [-0.3, -0.25) is 14.6 Å². The number of carbonyl (C=O) groups excluding carboxylic acids is 2. The molecular formula is C23H27N7O2. The quantitative estimate of drug-likeness (QED) is 0.681. The Morgan fingerprint density at radius 2 is 1.84 bits per heavy atom. The van der Waals surface area contributed by atoms with Crippen LogP contribution in [0.3, 0.4) is 0 Å². The highest BCUT2D eigenvalue weighted by atomic mass is 16.2. The van der Waals surface area contributed by atoms with E-state index in [1.807, 2.05) is 23.1 Å². The van der Waals surface area contributed by atoms with Gasteiger partial charge in [-0.1, -0.05) is 12.1 Å². The zero-order valence-corrected chi connectivity index (χ0v) is 18.2. The van der Waals surface area contributed by atoms with Crippen molar-refractivity contribution in [2.24, 2.45) is 4.99 Å². The van der Waals surface area contributed by atoms with Crippen molar-refractivity contribution >= 4 is 35.4 Å². The van der Waals surface area contributed by atoms with E-state index >= 15 is 0 Å². The zero-order chi connectivity index (χ0) is 22.1. The van der Waals surface area contributed by atoms with Gasteiger partial charge in [0.2, 0.25) is 11.8 Å². The van der Waals surface area contributed by atoms with Gasteiger partial charge in [0.05, 0.1) is 11.3 Å². The van der Waals surface area contributed by atoms with Crippen molar-refractivity contribution in [3.05, 3.63) is 41.7 Å². The normalized spacial score (nSPS) is 21.8. The molecule has 5 heterocycles. The summed E-state index contributed by atoms with van der Waals surface area (Å²) in [6.07, 6.45) is 4.57. The lowest BCUT2D eigenvalue weighted by molar-refractivity contribution is -0.131. The molecule has 4 aliphatic rings. The molecule has 4 aliphatic heterocycles. The third kappa shape index (κ3) is 4.08. The van der Waals surface area contributed by atoms with Crippen LogP contribution in [0.2, 0.25) is 0 Å². The fourth-order valence-electron chi connectivity index (χ4n) is 4.60. The van der Waals surface area contributed by atoms with Crippen LogP contribution in [-0.4, -0.2) is 77.6 Å². The predicted molar refractivity (Wildman–Crippen MR) is 122 cm³/mol. The maximum atomic E-state index is 12.7. The number of anilines is 2. The van der Waals surface area contributed by atoms with Crippen LogP contribution < -0.4 is 10.2 Å². The highest BCUT2D eigenvalue weighted by molar-refractivity contribution is 6.13. The standard InChI is InChI=1S/C23H27N7O2/c1-28-7-3-6-19(31)29-8-10-30(11-9-29)22-20-18(23(32)27-21(20)25-15-26-22)13-24-17-5-2-4-16(12-17)14-28/h2,4-5,12-13,15,18H,3,6-11,14H2,1H3,(H,25,26,27,32). The van der Waals surface area contributed by atoms with Crippen molar-refractivity contribution in [1.29, 1.82) is 0 Å². The molecule has 0 aliphatic carbocycles. The van der Waals surface area contributed by atoms with Gasteiger partial charge in [0.25, 0.3) is 0 Å². The Kier molecular flexibility index (Phi) is 5.57. The molecule has 0 spiro atoms. The van der Waals surface area contributed by atoms with Gasteiger partial charge >= 0.3 is 0 Å². The van der Waals surface area contributed by atoms with E-state index < -0.39 is 5.92 Å². The van der Waals surface area contributed by atoms with E-state index in [-0.39, 0.29) is 11.8 Å². The van der Waals surface area contributed by atoms with E-state index in [0.717, 1.165) is 42.1 Å². The molecule has 9 nitrogen and oxygen atoms in total. The van der Waals surface area contributed by atoms with Crippen LogP contribution in [0, 0.1) is 0 Å². The second-order valence-corrected chi connectivity index (χ2v) is 8.58. The minimum Gasteiger partial charge on any atom is -0.353 e. The molecule has 1 N–H and O–H groups in total. The van der Waals surface area contributed by atoms with Crippen LogP contribution in [0.15, 0.2) is 35.6 Å². The number of fused-ring (bicyclic) bond motifs is 7. The van der Waals surface area contributed by atoms with E-state index in [2.05, 4.69) is 43.2 Å². The van der Waals surface area contributed by atoms with E-state index in [1.165, 1.54) is 6.33 Å². The summed E-state index contributed by atoms with van der Waals surface area (Å²) in [5.74, 6) is 0.791. The Labute approximate surface area is 187 Å². The van der Waals surface area contributed by atoms with Crippen LogP contribution in [-0.2, 0) is 16.1 Å². The Morgan fingerprint density at radius 3 is 2.69 bits per heavy atom. The highest BCUT2D eigenvalue weighted by Gasteiger charge is 2.36. The first-order valence-corrected chi connectivity index (χ1v) is 11.1. The van der Waals surface area contributed by atoms with Crippen molar-refractivity contribution in [3.8, 4) is 0 Å². The van der Waals surface area contributed by atoms with Gasteiger partial charge in [-0.2, -0.15) is 0 Å². The number of rotatable bonds is 0. The summed E-state index contributed by atoms with van der Waals surface area (Å²) < 4.78 is 0. The van der Waals surface area contributed by atoms with Gasteiger partial charge < -0.3 is 20.0 Å². The molecule has 1 saturated heterocycles. The largest absolute Gasteiger partial charge is 0.353 e. The lowest BCUT2D eigenvalue weighted by Gasteiger charge is -2.36. The van der Waals surface area contributed by atoms with Gasteiger partial charge in [0.1, 0.15) is 23.9 Å². The number of piperazine rings is 1. The minimum absolute atomic E-state index is 0.149. The third-order valence-electron chi connectivity index (χ3n) is 6.30. The van der Waals surface area contributed by atoms with Crippen LogP contribution in [0.4, 0.5) is 17.3 Å². The van der Waals surface area contributed by atoms with Gasteiger partial charge in [-0.25, -0.2) is 9.97 Å². The lowest BCUT2D eigenvalue weighted by atomic mass is 10.0. The summed E-state index contributed by atoms with van der Waals surface area (Å²) in [7, 11) is 2.07. The fourth-order valence-corrected chi connectivity index (χ4v) is 4.60. The molecule has 2 amide bonds. The minimum atomic E-state index is -0.550. The molecule has 1 aromatic heterocycles. The van der Waals surface area contributed by atoms with Crippen molar-refractivity contribution in [3.63, 3.8) is 0 Å². The number of aliphatic imine (C=N–C) groups is 1. The smallest absolute Gasteiger partial charge is 0.238 e. The zero-order valence-electron chi connectivity index (χ0n) is 18.2. The van der Waals surface area contributed by atoms with Crippen molar-refractivity contribution < 1.29 is 9.59 Å². The second kappa shape index (κ2) is 8.66. The Morgan fingerprint density at radius 1 is 1.03 bits per heavy atom. The van der Waals surface area contributed by atoms with Crippen molar-refractivity contribution in [1.82, 2.24) is 19.8 Å². The molecule has 2 aromatic rings. The second-order valence-electron chi connectivity index (χ2n) is 8.58. The number of nitrogens with zero attached hydrogens (tertiary/aromatic N) is 6. The SMILES string of the molecule is CN1CCCC(=O)N2CCN(CC2)c2ncnc3c2C(C=Nc2cccc(c2)C1)C(=O)N3. The van der Waals surface area contributed by atoms with Crippen LogP contribution >= 0.6 is 0 Å². The molecule has 6 rings (SSSR count). The molecule has 32 heavy (non-hydrogen) atoms. The summed E-state index contributed by atoms with van der Waals surface area (Å²) in [4.78, 5) is 45.2. The molecule has 1 fully saturated rings. The monoisotopic (exact) mass is 433 g/mol. The number of nitrogens with one attached hydrogen (secondary N) is 1. The maximum absolute atomic E-state index is 12.7. The number of carbonyl (C=O) groups is 2. The molecular weight excluding hydrogens is 406 g/mol. The average molecular weight is 434 g/mol. The predicted octanol–water partition coefficient (Wildman–Crippen LogP) is 1.79. The summed E-state index contributed by atoms with van der Waals surface area (Å²) in [6.45, 7) is 4.29. The van der Waals surface area contributed by atoms with Crippen LogP contribution in [0.1, 0.15) is 29.9 Å². The van der Waals surface area contributed by atoms with E-state index in [0.29, 0.717) is 38.4 Å². The van der Waals surface area contributed by atoms with Gasteiger partial charge in [-0.05, 0) is 37.7 Å². The number of benzene rings is 1. The van der Waals surface area contributed by atoms with Gasteiger partial charge in [0, 0.05) is 45.4 Å². The van der Waals surface area contributed by atoms with E-state index in [9.17, 15) is 9.59 Å². The van der Waals surface area contributed by atoms with E-state index in [4.69, 9.17) is 0 Å². The maximum Gasteiger partial charge on any atom is 0.238 e. The highest BCUT2D eigenvalue weighted by Crippen LogP contribution is 2.36. The number of hydrogen-bond acceptors (Lipinski definition) is 7. The molecule has 0 saturated carbocycles. The molecule has 1 unspecified atom stereocenters. The molecule has 1 aromatic carbocycles. The Hall–Kier alpha value is -3.33. The topological polar surface area (TPSA) is 94.0 Å². The number of amides is 2. The Bertz CT molecular complexity index is 1060. The van der Waals surface area contributed by atoms with E-state index in [1.54, 1.807) is 6.21 Å². The summed E-state index contributed by atoms with van der Waals surface area (Å²) in [5.41, 5.74) is 2.71.